The molecule has 4 rings (SSSR count). The topological polar surface area (TPSA) is 72.9 Å². The molecule has 4 aromatic rings. The highest BCUT2D eigenvalue weighted by Crippen LogP contribution is 2.23. The molecule has 0 saturated carbocycles. The molecule has 0 saturated heterocycles. The van der Waals surface area contributed by atoms with Crippen LogP contribution in [0.1, 0.15) is 22.4 Å². The molecular weight excluding hydrogens is 352 g/mol. The monoisotopic (exact) mass is 374 g/mol. The Morgan fingerprint density at radius 3 is 2.43 bits per heavy atom. The van der Waals surface area contributed by atoms with Crippen LogP contribution in [0.25, 0.3) is 28.1 Å². The van der Waals surface area contributed by atoms with Gasteiger partial charge in [0.15, 0.2) is 5.69 Å². The zero-order valence-electron chi connectivity index (χ0n) is 16.4. The minimum atomic E-state index is -0.213. The molecule has 28 heavy (non-hydrogen) atoms. The van der Waals surface area contributed by atoms with Crippen LogP contribution in [0.5, 0.6) is 0 Å². The molecule has 2 aromatic carbocycles. The van der Waals surface area contributed by atoms with Crippen LogP contribution in [0.15, 0.2) is 47.3 Å². The molecule has 6 nitrogen and oxygen atoms in total. The lowest BCUT2D eigenvalue weighted by Gasteiger charge is -2.10. The van der Waals surface area contributed by atoms with Gasteiger partial charge in [0.25, 0.3) is 5.56 Å². The predicted octanol–water partition coefficient (Wildman–Crippen LogP) is 3.20. The second kappa shape index (κ2) is 6.73. The number of aliphatic hydroxyl groups excluding tert-OH is 1. The van der Waals surface area contributed by atoms with E-state index in [1.54, 1.807) is 22.4 Å². The molecule has 0 amide bonds. The number of hydrogen-bond donors (Lipinski definition) is 1. The van der Waals surface area contributed by atoms with Crippen molar-refractivity contribution in [2.45, 2.75) is 27.4 Å². The average molecular weight is 374 g/mol. The lowest BCUT2D eigenvalue weighted by atomic mass is 10.1. The molecule has 0 unspecified atom stereocenters. The highest BCUT2D eigenvalue weighted by atomic mass is 16.3. The first kappa shape index (κ1) is 18.1. The summed E-state index contributed by atoms with van der Waals surface area (Å²) < 4.78 is 3.28. The number of rotatable bonds is 3. The van der Waals surface area contributed by atoms with Crippen LogP contribution in [-0.2, 0) is 13.7 Å². The predicted molar refractivity (Wildman–Crippen MR) is 110 cm³/mol. The van der Waals surface area contributed by atoms with Gasteiger partial charge in [-0.25, -0.2) is 9.67 Å². The molecule has 0 aliphatic carbocycles. The van der Waals surface area contributed by atoms with Crippen molar-refractivity contribution in [3.63, 3.8) is 0 Å². The molecular formula is C22H22N4O2. The lowest BCUT2D eigenvalue weighted by molar-refractivity contribution is 0.273. The van der Waals surface area contributed by atoms with Gasteiger partial charge < -0.3 is 9.67 Å². The number of benzene rings is 2. The zero-order valence-corrected chi connectivity index (χ0v) is 16.4. The molecule has 142 valence electrons. The SMILES string of the molecule is Cc1cc2nc(-c3cc(CO)n(-c4ccccc4C)n3)c(=O)n(C)c2cc1C. The van der Waals surface area contributed by atoms with E-state index in [1.807, 2.05) is 57.2 Å². The Bertz CT molecular complexity index is 1270. The third kappa shape index (κ3) is 2.82. The van der Waals surface area contributed by atoms with Crippen molar-refractivity contribution in [3.05, 3.63) is 75.2 Å². The van der Waals surface area contributed by atoms with Gasteiger partial charge in [0.1, 0.15) is 5.69 Å². The fourth-order valence-corrected chi connectivity index (χ4v) is 3.41. The number of aliphatic hydroxyl groups is 1. The second-order valence-corrected chi connectivity index (χ2v) is 7.13. The van der Waals surface area contributed by atoms with Crippen LogP contribution in [0.4, 0.5) is 0 Å². The van der Waals surface area contributed by atoms with E-state index < -0.39 is 0 Å². The fourth-order valence-electron chi connectivity index (χ4n) is 3.41. The summed E-state index contributed by atoms with van der Waals surface area (Å²) in [6.45, 7) is 5.84. The Kier molecular flexibility index (Phi) is 4.35. The minimum absolute atomic E-state index is 0.187. The van der Waals surface area contributed by atoms with Gasteiger partial charge in [0.2, 0.25) is 0 Å². The van der Waals surface area contributed by atoms with E-state index >= 15 is 0 Å². The Morgan fingerprint density at radius 2 is 1.71 bits per heavy atom. The first-order valence-electron chi connectivity index (χ1n) is 9.15. The molecule has 0 atom stereocenters. The number of fused-ring (bicyclic) bond motifs is 1. The molecule has 0 radical (unpaired) electrons. The van der Waals surface area contributed by atoms with Crippen LogP contribution >= 0.6 is 0 Å². The van der Waals surface area contributed by atoms with Crippen molar-refractivity contribution in [1.29, 1.82) is 0 Å². The Labute approximate surface area is 162 Å². The van der Waals surface area contributed by atoms with Gasteiger partial charge in [-0.1, -0.05) is 18.2 Å². The third-order valence-corrected chi connectivity index (χ3v) is 5.22. The summed E-state index contributed by atoms with van der Waals surface area (Å²) in [5.41, 5.74) is 6.78. The van der Waals surface area contributed by atoms with E-state index in [1.165, 1.54) is 0 Å². The second-order valence-electron chi connectivity index (χ2n) is 7.13. The summed E-state index contributed by atoms with van der Waals surface area (Å²) in [7, 11) is 1.75. The van der Waals surface area contributed by atoms with Crippen LogP contribution in [-0.4, -0.2) is 24.4 Å². The molecule has 2 heterocycles. The smallest absolute Gasteiger partial charge is 0.279 e. The maximum Gasteiger partial charge on any atom is 0.279 e. The summed E-state index contributed by atoms with van der Waals surface area (Å²) in [4.78, 5) is 17.6. The normalized spacial score (nSPS) is 11.3. The van der Waals surface area contributed by atoms with E-state index in [4.69, 9.17) is 0 Å². The van der Waals surface area contributed by atoms with Crippen LogP contribution in [0.2, 0.25) is 0 Å². The Hall–Kier alpha value is -3.25. The highest BCUT2D eigenvalue weighted by molar-refractivity contribution is 5.79. The van der Waals surface area contributed by atoms with E-state index in [0.717, 1.165) is 33.4 Å². The van der Waals surface area contributed by atoms with Crippen LogP contribution < -0.4 is 5.56 Å². The van der Waals surface area contributed by atoms with Crippen molar-refractivity contribution >= 4 is 11.0 Å². The van der Waals surface area contributed by atoms with E-state index in [2.05, 4.69) is 10.1 Å². The van der Waals surface area contributed by atoms with E-state index in [-0.39, 0.29) is 17.9 Å². The Morgan fingerprint density at radius 1 is 1.00 bits per heavy atom. The van der Waals surface area contributed by atoms with Gasteiger partial charge >= 0.3 is 0 Å². The molecule has 1 N–H and O–H groups in total. The molecule has 0 spiro atoms. The van der Waals surface area contributed by atoms with Crippen molar-refractivity contribution in [1.82, 2.24) is 19.3 Å². The molecule has 0 bridgehead atoms. The van der Waals surface area contributed by atoms with Gasteiger partial charge in [-0.2, -0.15) is 5.10 Å². The summed E-state index contributed by atoms with van der Waals surface area (Å²) in [5, 5.41) is 14.4. The van der Waals surface area contributed by atoms with Gasteiger partial charge in [-0.05, 0) is 61.7 Å². The molecule has 0 aliphatic rings. The lowest BCUT2D eigenvalue weighted by Crippen LogP contribution is -2.21. The molecule has 0 fully saturated rings. The number of para-hydroxylation sites is 1. The van der Waals surface area contributed by atoms with Crippen molar-refractivity contribution < 1.29 is 5.11 Å². The van der Waals surface area contributed by atoms with Gasteiger partial charge in [-0.3, -0.25) is 4.79 Å². The number of hydrogen-bond acceptors (Lipinski definition) is 4. The van der Waals surface area contributed by atoms with Crippen molar-refractivity contribution in [3.8, 4) is 17.1 Å². The van der Waals surface area contributed by atoms with Gasteiger partial charge in [-0.15, -0.1) is 0 Å². The van der Waals surface area contributed by atoms with Crippen LogP contribution in [0, 0.1) is 20.8 Å². The first-order valence-corrected chi connectivity index (χ1v) is 9.15. The largest absolute Gasteiger partial charge is 0.390 e. The number of aromatic nitrogens is 4. The number of aryl methyl sites for hydroxylation is 4. The number of nitrogens with zero attached hydrogens (tertiary/aromatic N) is 4. The quantitative estimate of drug-likeness (QED) is 0.598. The van der Waals surface area contributed by atoms with Gasteiger partial charge in [0, 0.05) is 7.05 Å². The molecule has 2 aromatic heterocycles. The van der Waals surface area contributed by atoms with Crippen molar-refractivity contribution in [2.75, 3.05) is 0 Å². The maximum atomic E-state index is 13.0. The van der Waals surface area contributed by atoms with Gasteiger partial charge in [0.05, 0.1) is 29.0 Å². The standard InChI is InChI=1S/C22H22N4O2/c1-13-7-5-6-8-19(13)26-16(12-27)11-18(24-26)21-22(28)25(4)20-10-15(3)14(2)9-17(20)23-21/h5-11,27H,12H2,1-4H3. The van der Waals surface area contributed by atoms with E-state index in [0.29, 0.717) is 11.4 Å². The maximum absolute atomic E-state index is 13.0. The Balaban J connectivity index is 1.96. The molecule has 0 aliphatic heterocycles. The zero-order chi connectivity index (χ0) is 20.0. The third-order valence-electron chi connectivity index (χ3n) is 5.22. The highest BCUT2D eigenvalue weighted by Gasteiger charge is 2.18. The van der Waals surface area contributed by atoms with Crippen molar-refractivity contribution in [2.24, 2.45) is 7.05 Å². The molecule has 6 heteroatoms. The summed E-state index contributed by atoms with van der Waals surface area (Å²) in [6.07, 6.45) is 0. The minimum Gasteiger partial charge on any atom is -0.390 e. The van der Waals surface area contributed by atoms with E-state index in [9.17, 15) is 9.90 Å². The van der Waals surface area contributed by atoms with Crippen LogP contribution in [0.3, 0.4) is 0 Å². The summed E-state index contributed by atoms with van der Waals surface area (Å²) in [6, 6.07) is 13.5. The summed E-state index contributed by atoms with van der Waals surface area (Å²) in [5.74, 6) is 0. The average Bonchev–Trinajstić information content (AvgIpc) is 3.10. The fraction of sp³-hybridized carbons (Fsp3) is 0.227. The first-order chi connectivity index (χ1) is 13.4. The summed E-state index contributed by atoms with van der Waals surface area (Å²) >= 11 is 0.